The van der Waals surface area contributed by atoms with E-state index in [1.807, 2.05) is 0 Å². The fraction of sp³-hybridized carbons (Fsp3) is 0.720. The van der Waals surface area contributed by atoms with Gasteiger partial charge in [0.25, 0.3) is 0 Å². The zero-order valence-corrected chi connectivity index (χ0v) is 19.6. The fourth-order valence-electron chi connectivity index (χ4n) is 4.01. The van der Waals surface area contributed by atoms with Gasteiger partial charge < -0.3 is 24.8 Å². The lowest BCUT2D eigenvalue weighted by Crippen LogP contribution is -2.10. The van der Waals surface area contributed by atoms with Crippen molar-refractivity contribution >= 4 is 5.97 Å². The molecule has 31 heavy (non-hydrogen) atoms. The van der Waals surface area contributed by atoms with Crippen molar-refractivity contribution in [2.75, 3.05) is 14.2 Å². The molecule has 1 rings (SSSR count). The van der Waals surface area contributed by atoms with Crippen molar-refractivity contribution in [1.82, 2.24) is 0 Å². The summed E-state index contributed by atoms with van der Waals surface area (Å²) in [4.78, 5) is 11.7. The highest BCUT2D eigenvalue weighted by atomic mass is 16.5. The Morgan fingerprint density at radius 1 is 0.871 bits per heavy atom. The number of carboxylic acid groups (broad SMARTS) is 1. The lowest BCUT2D eigenvalue weighted by molar-refractivity contribution is 0.0685. The molecule has 0 aromatic heterocycles. The first-order valence-corrected chi connectivity index (χ1v) is 11.9. The average molecular weight is 439 g/mol. The van der Waals surface area contributed by atoms with Gasteiger partial charge in [0.1, 0.15) is 0 Å². The summed E-state index contributed by atoms with van der Waals surface area (Å²) < 4.78 is 10.2. The topological polar surface area (TPSA) is 96.2 Å². The summed E-state index contributed by atoms with van der Waals surface area (Å²) in [6.45, 7) is 2.24. The first-order chi connectivity index (χ1) is 15.0. The number of rotatable bonds is 18. The van der Waals surface area contributed by atoms with E-state index in [0.29, 0.717) is 6.42 Å². The summed E-state index contributed by atoms with van der Waals surface area (Å²) >= 11 is 0. The SMILES string of the molecule is CCCCCCCCCCCCCCCC(O)c1c(C(=O)O)cc(OC)c(O)c1OC. The molecule has 6 nitrogen and oxygen atoms in total. The van der Waals surface area contributed by atoms with E-state index in [9.17, 15) is 20.1 Å². The maximum atomic E-state index is 11.7. The van der Waals surface area contributed by atoms with Crippen molar-refractivity contribution < 1.29 is 29.6 Å². The molecule has 6 heteroatoms. The van der Waals surface area contributed by atoms with Crippen molar-refractivity contribution in [2.24, 2.45) is 0 Å². The van der Waals surface area contributed by atoms with Gasteiger partial charge in [0, 0.05) is 5.56 Å². The van der Waals surface area contributed by atoms with Crippen LogP contribution >= 0.6 is 0 Å². The van der Waals surface area contributed by atoms with Crippen LogP contribution in [0.25, 0.3) is 0 Å². The number of aromatic carboxylic acids is 1. The van der Waals surface area contributed by atoms with E-state index in [1.165, 1.54) is 84.5 Å². The number of benzene rings is 1. The molecule has 0 saturated carbocycles. The maximum absolute atomic E-state index is 11.7. The summed E-state index contributed by atoms with van der Waals surface area (Å²) in [6, 6.07) is 1.22. The molecule has 1 aromatic carbocycles. The lowest BCUT2D eigenvalue weighted by Gasteiger charge is -2.20. The molecule has 0 fully saturated rings. The van der Waals surface area contributed by atoms with Gasteiger partial charge in [0.15, 0.2) is 11.5 Å². The molecule has 1 unspecified atom stereocenters. The van der Waals surface area contributed by atoms with Gasteiger partial charge in [-0.1, -0.05) is 90.4 Å². The number of phenolic OH excluding ortho intramolecular Hbond substituents is 1. The Bertz CT molecular complexity index is 643. The number of ether oxygens (including phenoxy) is 2. The monoisotopic (exact) mass is 438 g/mol. The number of carboxylic acids is 1. The number of aliphatic hydroxyl groups is 1. The van der Waals surface area contributed by atoms with Crippen molar-refractivity contribution in [1.29, 1.82) is 0 Å². The molecule has 0 radical (unpaired) electrons. The summed E-state index contributed by atoms with van der Waals surface area (Å²) in [6.07, 6.45) is 15.4. The highest BCUT2D eigenvalue weighted by Gasteiger charge is 2.27. The average Bonchev–Trinajstić information content (AvgIpc) is 2.76. The van der Waals surface area contributed by atoms with Crippen LogP contribution in [0, 0.1) is 0 Å². The Kier molecular flexibility index (Phi) is 13.8. The van der Waals surface area contributed by atoms with Crippen molar-refractivity contribution in [3.05, 3.63) is 17.2 Å². The fourth-order valence-corrected chi connectivity index (χ4v) is 4.01. The molecule has 0 heterocycles. The van der Waals surface area contributed by atoms with E-state index >= 15 is 0 Å². The van der Waals surface area contributed by atoms with Crippen LogP contribution in [0.2, 0.25) is 0 Å². The summed E-state index contributed by atoms with van der Waals surface area (Å²) in [5.41, 5.74) is -0.0130. The predicted molar refractivity (Wildman–Crippen MR) is 123 cm³/mol. The summed E-state index contributed by atoms with van der Waals surface area (Å²) in [5, 5.41) is 30.4. The maximum Gasteiger partial charge on any atom is 0.336 e. The number of aromatic hydroxyl groups is 1. The number of aliphatic hydroxyl groups excluding tert-OH is 1. The van der Waals surface area contributed by atoms with Gasteiger partial charge in [-0.2, -0.15) is 0 Å². The number of hydrogen-bond acceptors (Lipinski definition) is 5. The molecule has 0 amide bonds. The number of phenols is 1. The van der Waals surface area contributed by atoms with Crippen LogP contribution in [-0.2, 0) is 0 Å². The van der Waals surface area contributed by atoms with E-state index in [0.717, 1.165) is 19.3 Å². The normalized spacial score (nSPS) is 12.0. The minimum atomic E-state index is -1.20. The van der Waals surface area contributed by atoms with Crippen LogP contribution < -0.4 is 9.47 Å². The van der Waals surface area contributed by atoms with Crippen LogP contribution in [0.3, 0.4) is 0 Å². The summed E-state index contributed by atoms with van der Waals surface area (Å²) in [7, 11) is 2.67. The van der Waals surface area contributed by atoms with Crippen LogP contribution in [0.1, 0.15) is 119 Å². The first-order valence-electron chi connectivity index (χ1n) is 11.9. The van der Waals surface area contributed by atoms with E-state index in [2.05, 4.69) is 6.92 Å². The van der Waals surface area contributed by atoms with Gasteiger partial charge in [-0.25, -0.2) is 4.79 Å². The standard InChI is InChI=1S/C25H42O6/c1-4-5-6-7-8-9-10-11-12-13-14-15-16-17-20(26)22-19(25(28)29)18-21(30-2)23(27)24(22)31-3/h18,20,26-27H,4-17H2,1-3H3,(H,28,29). The van der Waals surface area contributed by atoms with Gasteiger partial charge in [0.2, 0.25) is 5.75 Å². The number of carbonyl (C=O) groups is 1. The third-order valence-electron chi connectivity index (χ3n) is 5.83. The molecule has 0 aliphatic rings. The molecule has 0 bridgehead atoms. The number of methoxy groups -OCH3 is 2. The molecule has 178 valence electrons. The van der Waals surface area contributed by atoms with Gasteiger partial charge in [-0.05, 0) is 12.5 Å². The van der Waals surface area contributed by atoms with Crippen LogP contribution in [-0.4, -0.2) is 35.5 Å². The molecule has 0 aliphatic carbocycles. The molecular formula is C25H42O6. The Hall–Kier alpha value is -1.95. The van der Waals surface area contributed by atoms with E-state index in [1.54, 1.807) is 0 Å². The quantitative estimate of drug-likeness (QED) is 0.223. The molecular weight excluding hydrogens is 396 g/mol. The Morgan fingerprint density at radius 2 is 1.35 bits per heavy atom. The Balaban J connectivity index is 2.36. The minimum Gasteiger partial charge on any atom is -0.502 e. The number of unbranched alkanes of at least 4 members (excludes halogenated alkanes) is 12. The van der Waals surface area contributed by atoms with Gasteiger partial charge in [0.05, 0.1) is 25.9 Å². The second-order valence-electron chi connectivity index (χ2n) is 8.27. The van der Waals surface area contributed by atoms with Gasteiger partial charge in [-0.15, -0.1) is 0 Å². The smallest absolute Gasteiger partial charge is 0.336 e. The van der Waals surface area contributed by atoms with E-state index in [-0.39, 0.29) is 28.4 Å². The third-order valence-corrected chi connectivity index (χ3v) is 5.83. The van der Waals surface area contributed by atoms with E-state index in [4.69, 9.17) is 9.47 Å². The van der Waals surface area contributed by atoms with Crippen LogP contribution in [0.15, 0.2) is 6.07 Å². The van der Waals surface area contributed by atoms with Crippen LogP contribution in [0.5, 0.6) is 17.2 Å². The summed E-state index contributed by atoms with van der Waals surface area (Å²) in [5.74, 6) is -1.53. The third kappa shape index (κ3) is 9.38. The Morgan fingerprint density at radius 3 is 1.77 bits per heavy atom. The van der Waals surface area contributed by atoms with Crippen molar-refractivity contribution in [3.63, 3.8) is 0 Å². The van der Waals surface area contributed by atoms with Gasteiger partial charge in [-0.3, -0.25) is 0 Å². The Labute approximate surface area is 187 Å². The molecule has 1 atom stereocenters. The van der Waals surface area contributed by atoms with Crippen molar-refractivity contribution in [3.8, 4) is 17.2 Å². The first kappa shape index (κ1) is 27.1. The lowest BCUT2D eigenvalue weighted by atomic mass is 9.95. The molecule has 0 aliphatic heterocycles. The molecule has 0 spiro atoms. The molecule has 1 aromatic rings. The van der Waals surface area contributed by atoms with Gasteiger partial charge >= 0.3 is 5.97 Å². The number of hydrogen-bond donors (Lipinski definition) is 3. The highest BCUT2D eigenvalue weighted by molar-refractivity contribution is 5.92. The largest absolute Gasteiger partial charge is 0.502 e. The second kappa shape index (κ2) is 15.8. The van der Waals surface area contributed by atoms with E-state index < -0.39 is 12.1 Å². The second-order valence-corrected chi connectivity index (χ2v) is 8.27. The van der Waals surface area contributed by atoms with Crippen molar-refractivity contribution in [2.45, 2.75) is 103 Å². The predicted octanol–water partition coefficient (Wildman–Crippen LogP) is 6.62. The molecule has 3 N–H and O–H groups in total. The zero-order chi connectivity index (χ0) is 23.1. The molecule has 0 saturated heterocycles. The highest BCUT2D eigenvalue weighted by Crippen LogP contribution is 2.44. The zero-order valence-electron chi connectivity index (χ0n) is 19.6. The van der Waals surface area contributed by atoms with Crippen LogP contribution in [0.4, 0.5) is 0 Å². The minimum absolute atomic E-state index is 0.00570.